The van der Waals surface area contributed by atoms with E-state index in [1.54, 1.807) is 18.2 Å². The molecule has 3 aromatic rings. The van der Waals surface area contributed by atoms with E-state index in [2.05, 4.69) is 28.1 Å². The molecule has 0 atom stereocenters. The lowest BCUT2D eigenvalue weighted by Gasteiger charge is -2.16. The third-order valence-corrected chi connectivity index (χ3v) is 4.54. The quantitative estimate of drug-likeness (QED) is 0.464. The first-order valence-electron chi connectivity index (χ1n) is 8.88. The number of aromatic nitrogens is 2. The third-order valence-electron chi connectivity index (χ3n) is 4.34. The highest BCUT2D eigenvalue weighted by molar-refractivity contribution is 7.80. The highest BCUT2D eigenvalue weighted by Gasteiger charge is 2.09. The largest absolute Gasteiger partial charge is 0.331 e. The fourth-order valence-corrected chi connectivity index (χ4v) is 3.04. The number of rotatable bonds is 4. The van der Waals surface area contributed by atoms with Gasteiger partial charge in [-0.25, -0.2) is 4.98 Å². The van der Waals surface area contributed by atoms with Gasteiger partial charge in [-0.05, 0) is 48.8 Å². The van der Waals surface area contributed by atoms with Crippen LogP contribution in [0.4, 0.5) is 5.69 Å². The van der Waals surface area contributed by atoms with Crippen molar-refractivity contribution in [3.05, 3.63) is 70.3 Å². The number of hydrogen-bond donors (Lipinski definition) is 3. The molecule has 144 valence electrons. The number of carbonyl (C=O) groups excluding carboxylic acids is 1. The van der Waals surface area contributed by atoms with Crippen molar-refractivity contribution in [3.8, 4) is 0 Å². The van der Waals surface area contributed by atoms with Crippen molar-refractivity contribution in [2.45, 2.75) is 26.8 Å². The van der Waals surface area contributed by atoms with Crippen molar-refractivity contribution in [1.82, 2.24) is 20.4 Å². The molecule has 0 fully saturated rings. The molecule has 0 aliphatic rings. The van der Waals surface area contributed by atoms with Gasteiger partial charge >= 0.3 is 0 Å². The predicted molar refractivity (Wildman–Crippen MR) is 114 cm³/mol. The molecule has 28 heavy (non-hydrogen) atoms. The summed E-state index contributed by atoms with van der Waals surface area (Å²) < 4.78 is 1.26. The summed E-state index contributed by atoms with van der Waals surface area (Å²) in [5, 5.41) is 3.84. The minimum Gasteiger partial charge on any atom is -0.331 e. The monoisotopic (exact) mass is 395 g/mol. The van der Waals surface area contributed by atoms with Gasteiger partial charge in [0.2, 0.25) is 0 Å². The fraction of sp³-hybridized carbons (Fsp3) is 0.200. The van der Waals surface area contributed by atoms with Gasteiger partial charge in [-0.15, -0.1) is 0 Å². The number of hydrazine groups is 1. The lowest BCUT2D eigenvalue weighted by molar-refractivity contribution is -0.122. The Bertz CT molecular complexity index is 1090. The number of benzene rings is 2. The number of nitrogens with one attached hydrogen (secondary N) is 3. The van der Waals surface area contributed by atoms with E-state index < -0.39 is 5.91 Å². The fourth-order valence-electron chi connectivity index (χ4n) is 2.89. The summed E-state index contributed by atoms with van der Waals surface area (Å²) in [4.78, 5) is 28.8. The Hall–Kier alpha value is -3.26. The second kappa shape index (κ2) is 8.62. The summed E-state index contributed by atoms with van der Waals surface area (Å²) in [5.41, 5.74) is 8.61. The minimum absolute atomic E-state index is 0.170. The van der Waals surface area contributed by atoms with E-state index in [0.717, 1.165) is 23.2 Å². The number of thiocarbonyl (C=S) groups is 1. The molecule has 2 aromatic carbocycles. The average molecular weight is 395 g/mol. The van der Waals surface area contributed by atoms with E-state index in [1.165, 1.54) is 10.9 Å². The maximum Gasteiger partial charge on any atom is 0.261 e. The van der Waals surface area contributed by atoms with Crippen LogP contribution in [-0.4, -0.2) is 20.6 Å². The van der Waals surface area contributed by atoms with Crippen LogP contribution in [0.5, 0.6) is 0 Å². The van der Waals surface area contributed by atoms with Crippen molar-refractivity contribution >= 4 is 39.8 Å². The molecule has 1 heterocycles. The van der Waals surface area contributed by atoms with Crippen molar-refractivity contribution in [2.24, 2.45) is 0 Å². The van der Waals surface area contributed by atoms with Crippen LogP contribution in [0.1, 0.15) is 18.1 Å². The molecular formula is C20H21N5O2S. The summed E-state index contributed by atoms with van der Waals surface area (Å²) in [6.45, 7) is 3.88. The number of amides is 1. The molecule has 0 saturated heterocycles. The van der Waals surface area contributed by atoms with Gasteiger partial charge in [-0.3, -0.25) is 25.0 Å². The van der Waals surface area contributed by atoms with E-state index in [-0.39, 0.29) is 17.2 Å². The highest BCUT2D eigenvalue weighted by atomic mass is 32.1. The number of fused-ring (bicyclic) bond motifs is 1. The van der Waals surface area contributed by atoms with Crippen LogP contribution in [0.2, 0.25) is 0 Å². The number of para-hydroxylation sites is 2. The average Bonchev–Trinajstić information content (AvgIpc) is 2.70. The predicted octanol–water partition coefficient (Wildman–Crippen LogP) is 2.29. The molecule has 0 saturated carbocycles. The van der Waals surface area contributed by atoms with Gasteiger partial charge < -0.3 is 5.32 Å². The van der Waals surface area contributed by atoms with Crippen LogP contribution >= 0.6 is 12.2 Å². The lowest BCUT2D eigenvalue weighted by atomic mass is 10.1. The van der Waals surface area contributed by atoms with Gasteiger partial charge in [-0.1, -0.05) is 37.3 Å². The Labute approximate surface area is 167 Å². The maximum atomic E-state index is 12.4. The van der Waals surface area contributed by atoms with Crippen LogP contribution in [0.3, 0.4) is 0 Å². The first-order chi connectivity index (χ1) is 13.5. The molecule has 0 spiro atoms. The van der Waals surface area contributed by atoms with E-state index in [1.807, 2.05) is 31.2 Å². The Balaban J connectivity index is 1.61. The standard InChI is InChI=1S/C20H21N5O2S/c1-3-14-8-6-7-13(2)18(14)22-20(28)24-23-17(26)11-25-12-21-16-10-5-4-9-15(16)19(25)27/h4-10,12H,3,11H2,1-2H3,(H,23,26)(H2,22,24,28). The van der Waals surface area contributed by atoms with Crippen molar-refractivity contribution < 1.29 is 4.79 Å². The number of aryl methyl sites for hydroxylation is 2. The summed E-state index contributed by atoms with van der Waals surface area (Å²) in [6, 6.07) is 13.0. The maximum absolute atomic E-state index is 12.4. The summed E-state index contributed by atoms with van der Waals surface area (Å²) >= 11 is 5.26. The Morgan fingerprint density at radius 3 is 2.71 bits per heavy atom. The summed E-state index contributed by atoms with van der Waals surface area (Å²) in [6.07, 6.45) is 2.22. The van der Waals surface area contributed by atoms with E-state index in [4.69, 9.17) is 12.2 Å². The molecule has 0 radical (unpaired) electrons. The molecule has 0 aliphatic heterocycles. The van der Waals surface area contributed by atoms with Crippen LogP contribution in [-0.2, 0) is 17.8 Å². The van der Waals surface area contributed by atoms with Crippen LogP contribution in [0, 0.1) is 6.92 Å². The third kappa shape index (κ3) is 4.34. The number of hydrogen-bond acceptors (Lipinski definition) is 4. The highest BCUT2D eigenvalue weighted by Crippen LogP contribution is 2.20. The van der Waals surface area contributed by atoms with Gasteiger partial charge in [0.25, 0.3) is 11.5 Å². The second-order valence-electron chi connectivity index (χ2n) is 6.28. The molecule has 0 aliphatic carbocycles. The van der Waals surface area contributed by atoms with Crippen molar-refractivity contribution in [2.75, 3.05) is 5.32 Å². The Morgan fingerprint density at radius 2 is 1.93 bits per heavy atom. The van der Waals surface area contributed by atoms with Crippen molar-refractivity contribution in [1.29, 1.82) is 0 Å². The van der Waals surface area contributed by atoms with Crippen LogP contribution < -0.4 is 21.7 Å². The molecule has 1 amide bonds. The molecule has 7 nitrogen and oxygen atoms in total. The second-order valence-corrected chi connectivity index (χ2v) is 6.69. The Kier molecular flexibility index (Phi) is 6.00. The Morgan fingerprint density at radius 1 is 1.14 bits per heavy atom. The van der Waals surface area contributed by atoms with Gasteiger partial charge in [0.05, 0.1) is 17.2 Å². The van der Waals surface area contributed by atoms with E-state index in [9.17, 15) is 9.59 Å². The molecule has 3 N–H and O–H groups in total. The molecule has 0 unspecified atom stereocenters. The summed E-state index contributed by atoms with van der Waals surface area (Å²) in [7, 11) is 0. The number of carbonyl (C=O) groups is 1. The van der Waals surface area contributed by atoms with Crippen molar-refractivity contribution in [3.63, 3.8) is 0 Å². The first-order valence-corrected chi connectivity index (χ1v) is 9.29. The topological polar surface area (TPSA) is 88.0 Å². The van der Waals surface area contributed by atoms with Crippen LogP contribution in [0.15, 0.2) is 53.6 Å². The molecule has 1 aromatic heterocycles. The first kappa shape index (κ1) is 19.5. The molecule has 0 bridgehead atoms. The zero-order valence-corrected chi connectivity index (χ0v) is 16.5. The van der Waals surface area contributed by atoms with E-state index in [0.29, 0.717) is 10.9 Å². The minimum atomic E-state index is -0.413. The van der Waals surface area contributed by atoms with E-state index >= 15 is 0 Å². The summed E-state index contributed by atoms with van der Waals surface area (Å²) in [5.74, 6) is -0.413. The number of nitrogens with zero attached hydrogens (tertiary/aromatic N) is 2. The van der Waals surface area contributed by atoms with Crippen LogP contribution in [0.25, 0.3) is 10.9 Å². The number of anilines is 1. The van der Waals surface area contributed by atoms with Gasteiger partial charge in [0, 0.05) is 5.69 Å². The molecule has 8 heteroatoms. The zero-order chi connectivity index (χ0) is 20.1. The normalized spacial score (nSPS) is 10.5. The molecular weight excluding hydrogens is 374 g/mol. The smallest absolute Gasteiger partial charge is 0.261 e. The zero-order valence-electron chi connectivity index (χ0n) is 15.7. The molecule has 3 rings (SSSR count). The lowest BCUT2D eigenvalue weighted by Crippen LogP contribution is -2.46. The van der Waals surface area contributed by atoms with Gasteiger partial charge in [-0.2, -0.15) is 0 Å². The van der Waals surface area contributed by atoms with Gasteiger partial charge in [0.15, 0.2) is 5.11 Å². The SMILES string of the molecule is CCc1cccc(C)c1NC(=S)NNC(=O)Cn1cnc2ccccc2c1=O. The van der Waals surface area contributed by atoms with Gasteiger partial charge in [0.1, 0.15) is 6.54 Å².